The van der Waals surface area contributed by atoms with Gasteiger partial charge in [0.05, 0.1) is 38.5 Å². The predicted octanol–water partition coefficient (Wildman–Crippen LogP) is 35.5. The molecule has 0 radical (unpaired) electrons. The Balaban J connectivity index is 0.000000109. The van der Waals surface area contributed by atoms with E-state index in [1.807, 2.05) is 217 Å². The number of fused-ring (bicyclic) bond motifs is 19. The van der Waals surface area contributed by atoms with Gasteiger partial charge >= 0.3 is 0 Å². The molecule has 0 saturated heterocycles. The van der Waals surface area contributed by atoms with Crippen LogP contribution in [0.4, 0.5) is 0 Å². The van der Waals surface area contributed by atoms with Crippen molar-refractivity contribution in [3.8, 4) is 153 Å². The van der Waals surface area contributed by atoms with Crippen LogP contribution in [0.2, 0.25) is 0 Å². The Morgan fingerprint density at radius 3 is 0.860 bits per heavy atom. The molecule has 9 heterocycles. The molecule has 0 aliphatic heterocycles. The molecule has 13 nitrogen and oxygen atoms in total. The summed E-state index contributed by atoms with van der Waals surface area (Å²) >= 11 is 3.70. The molecular weight excluding hydrogens is 1870 g/mol. The molecule has 0 bridgehead atoms. The Bertz CT molecular complexity index is 10300. The number of hydrogen-bond acceptors (Lipinski definition) is 12. The van der Waals surface area contributed by atoms with E-state index in [1.165, 1.54) is 101 Å². The molecule has 0 aliphatic carbocycles. The molecule has 150 heavy (non-hydrogen) atoms. The fourth-order valence-corrected chi connectivity index (χ4v) is 23.4. The Morgan fingerprint density at radius 2 is 0.440 bits per heavy atom. The van der Waals surface area contributed by atoms with E-state index in [0.717, 1.165) is 127 Å². The zero-order valence-corrected chi connectivity index (χ0v) is 82.2. The Labute approximate surface area is 869 Å². The molecule has 0 fully saturated rings. The third-order valence-electron chi connectivity index (χ3n) is 28.3. The summed E-state index contributed by atoms with van der Waals surface area (Å²) in [5, 5.41) is 14.6. The quantitative estimate of drug-likeness (QED) is 0.0973. The third-order valence-corrected chi connectivity index (χ3v) is 30.6. The molecule has 0 N–H and O–H groups in total. The van der Waals surface area contributed by atoms with Crippen LogP contribution in [0.1, 0.15) is 0 Å². The van der Waals surface area contributed by atoms with Gasteiger partial charge in [0.15, 0.2) is 52.4 Å². The van der Waals surface area contributed by atoms with E-state index in [9.17, 15) is 0 Å². The van der Waals surface area contributed by atoms with E-state index in [4.69, 9.17) is 49.3 Å². The van der Waals surface area contributed by atoms with Gasteiger partial charge in [0.2, 0.25) is 0 Å². The van der Waals surface area contributed by atoms with Crippen molar-refractivity contribution in [2.45, 2.75) is 0 Å². The Kier molecular flexibility index (Phi) is 22.0. The van der Waals surface area contributed by atoms with Crippen LogP contribution in [0.3, 0.4) is 0 Å². The van der Waals surface area contributed by atoms with Crippen LogP contribution in [0.5, 0.6) is 0 Å². The number of para-hydroxylation sites is 2. The van der Waals surface area contributed by atoms with Crippen molar-refractivity contribution in [2.24, 2.45) is 0 Å². The fraction of sp³-hybridized carbons (Fsp3) is 0. The maximum atomic E-state index is 6.46. The van der Waals surface area contributed by atoms with Crippen molar-refractivity contribution in [2.75, 3.05) is 0 Å². The normalized spacial score (nSPS) is 11.6. The second-order valence-corrected chi connectivity index (χ2v) is 39.6. The van der Waals surface area contributed by atoms with Crippen LogP contribution in [-0.2, 0) is 0 Å². The number of benzene rings is 21. The highest BCUT2D eigenvalue weighted by molar-refractivity contribution is 7.26. The molecule has 702 valence electrons. The summed E-state index contributed by atoms with van der Waals surface area (Å²) in [5.41, 5.74) is 27.4. The Morgan fingerprint density at radius 1 is 0.147 bits per heavy atom. The second-order valence-electron chi connectivity index (χ2n) is 37.4. The average Bonchev–Trinajstić information content (AvgIpc) is 1.58. The minimum Gasteiger partial charge on any atom is -0.455 e. The van der Waals surface area contributed by atoms with Crippen LogP contribution in [0.25, 0.3) is 281 Å². The molecule has 0 unspecified atom stereocenters. The summed E-state index contributed by atoms with van der Waals surface area (Å²) in [6.45, 7) is 0. The van der Waals surface area contributed by atoms with E-state index in [2.05, 4.69) is 329 Å². The second kappa shape index (κ2) is 37.5. The van der Waals surface area contributed by atoms with Gasteiger partial charge in [-0.15, -0.1) is 22.7 Å². The van der Waals surface area contributed by atoms with Gasteiger partial charge in [-0.05, 0) is 161 Å². The van der Waals surface area contributed by atoms with Gasteiger partial charge in [-0.3, -0.25) is 0 Å². The zero-order chi connectivity index (χ0) is 99.1. The van der Waals surface area contributed by atoms with E-state index in [-0.39, 0.29) is 0 Å². The molecule has 0 spiro atoms. The van der Waals surface area contributed by atoms with Gasteiger partial charge in [-0.1, -0.05) is 382 Å². The molecule has 15 heteroatoms. The summed E-state index contributed by atoms with van der Waals surface area (Å²) in [6, 6.07) is 178. The Hall–Kier alpha value is -19.7. The van der Waals surface area contributed by atoms with Crippen molar-refractivity contribution in [1.82, 2.24) is 58.6 Å². The molecule has 0 aliphatic rings. The van der Waals surface area contributed by atoms with Gasteiger partial charge in [0, 0.05) is 145 Å². The smallest absolute Gasteiger partial charge is 0.164 e. The first-order chi connectivity index (χ1) is 74.3. The van der Waals surface area contributed by atoms with E-state index < -0.39 is 0 Å². The number of aromatic nitrogens is 12. The summed E-state index contributed by atoms with van der Waals surface area (Å²) in [6.07, 6.45) is 0. The molecule has 21 aromatic carbocycles. The lowest BCUT2D eigenvalue weighted by molar-refractivity contribution is 0.673. The maximum absolute atomic E-state index is 6.46. The zero-order valence-electron chi connectivity index (χ0n) is 80.6. The van der Waals surface area contributed by atoms with Crippen LogP contribution in [0, 0.1) is 0 Å². The van der Waals surface area contributed by atoms with E-state index >= 15 is 0 Å². The lowest BCUT2D eigenvalue weighted by Gasteiger charge is -2.12. The van der Waals surface area contributed by atoms with Gasteiger partial charge in [0.25, 0.3) is 0 Å². The first-order valence-electron chi connectivity index (χ1n) is 50.1. The van der Waals surface area contributed by atoms with Crippen molar-refractivity contribution in [3.05, 3.63) is 510 Å². The highest BCUT2D eigenvalue weighted by Gasteiger charge is 2.26. The van der Waals surface area contributed by atoms with E-state index in [0.29, 0.717) is 52.4 Å². The van der Waals surface area contributed by atoms with Crippen LogP contribution in [0.15, 0.2) is 514 Å². The molecule has 9 aromatic heterocycles. The highest BCUT2D eigenvalue weighted by Crippen LogP contribution is 2.48. The van der Waals surface area contributed by atoms with Crippen molar-refractivity contribution >= 4 is 150 Å². The molecular formula is C135H84N12OS2. The summed E-state index contributed by atoms with van der Waals surface area (Å²) in [7, 11) is 0. The van der Waals surface area contributed by atoms with Crippen molar-refractivity contribution in [1.29, 1.82) is 0 Å². The number of nitrogens with zero attached hydrogens (tertiary/aromatic N) is 12. The highest BCUT2D eigenvalue weighted by atomic mass is 32.1. The fourth-order valence-electron chi connectivity index (χ4n) is 21.2. The molecule has 0 atom stereocenters. The lowest BCUT2D eigenvalue weighted by atomic mass is 9.98. The number of rotatable bonds is 15. The molecule has 0 saturated carbocycles. The lowest BCUT2D eigenvalue weighted by Crippen LogP contribution is -2.01. The SMILES string of the molecule is c1ccc(-c2ccc3c4cc5c(cc4n(-c4cccc(-c6nc(-c7ccccc7)nc(-c7ccccc7)n6)c4)c3c2)sc2ccccc25)cc1.c1ccc(-c2cccc(-c3ccc4c5cc6c(cc5n(-c5cccc(-c7nc(-c8ccccc8)nc(-c8ccccc8)n7)c5)c4c3)sc3ccccc36)c2)cc1.c1ccc(-c2nc(-c3ccccc3)nc(-c3ccc(-n4c5ccccc5c5c6oc7ccccc7c6ccc54)cc3)n2)cc1. The molecule has 0 amide bonds. The minimum absolute atomic E-state index is 0.630. The maximum Gasteiger partial charge on any atom is 0.164 e. The van der Waals surface area contributed by atoms with Gasteiger partial charge in [-0.25, -0.2) is 44.9 Å². The van der Waals surface area contributed by atoms with Crippen LogP contribution < -0.4 is 0 Å². The molecule has 30 aromatic rings. The third kappa shape index (κ3) is 16.1. The van der Waals surface area contributed by atoms with Gasteiger partial charge in [0.1, 0.15) is 11.2 Å². The van der Waals surface area contributed by atoms with Crippen LogP contribution in [-0.4, -0.2) is 58.6 Å². The monoisotopic (exact) mass is 1950 g/mol. The largest absolute Gasteiger partial charge is 0.455 e. The minimum atomic E-state index is 0.630. The van der Waals surface area contributed by atoms with E-state index in [1.54, 1.807) is 0 Å². The topological polar surface area (TPSA) is 144 Å². The summed E-state index contributed by atoms with van der Waals surface area (Å²) in [5.74, 6) is 5.79. The van der Waals surface area contributed by atoms with Gasteiger partial charge < -0.3 is 18.1 Å². The van der Waals surface area contributed by atoms with Crippen LogP contribution >= 0.6 is 22.7 Å². The van der Waals surface area contributed by atoms with Crippen molar-refractivity contribution < 1.29 is 4.42 Å². The summed E-state index contributed by atoms with van der Waals surface area (Å²) in [4.78, 5) is 44.7. The van der Waals surface area contributed by atoms with Gasteiger partial charge in [-0.2, -0.15) is 0 Å². The summed E-state index contributed by atoms with van der Waals surface area (Å²) < 4.78 is 18.7. The number of furan rings is 1. The average molecular weight is 1950 g/mol. The first kappa shape index (κ1) is 88.0. The van der Waals surface area contributed by atoms with Crippen molar-refractivity contribution in [3.63, 3.8) is 0 Å². The standard InChI is InChI=1S/C51H32N4S.C45H28N4S.C39H24N4O/c1-4-14-33(15-5-1)36-20-12-21-37(28-36)38-26-27-41-43-31-44-42-24-10-11-25-47(42)56-48(44)32-46(43)55(45(41)30-38)40-23-13-22-39(29-40)51-53-49(34-16-6-2-7-17-34)52-50(54-51)35-18-8-3-9-19-35;1-4-13-29(14-5-1)32-23-24-35-37-27-38-36-21-10-11-22-41(36)50-42(38)28-40(37)49(39(35)26-32)34-20-12-19-33(25-34)45-47-43(30-15-6-2-7-16-30)46-44(48-45)31-17-8-3-9-18-31;1-3-11-25(12-4-1)37-40-38(26-13-5-2-6-14-26)42-39(41-37)27-19-21-28(22-20-27)43-32-17-9-7-16-31(32)35-33(43)24-23-30-29-15-8-10-18-34(29)44-36(30)35/h1-32H;1-28H;1-24H. The number of thiophene rings is 2. The molecule has 30 rings (SSSR count). The first-order valence-corrected chi connectivity index (χ1v) is 51.7. The number of hydrogen-bond donors (Lipinski definition) is 0. The predicted molar refractivity (Wildman–Crippen MR) is 621 cm³/mol.